The van der Waals surface area contributed by atoms with E-state index in [9.17, 15) is 39.5 Å². The summed E-state index contributed by atoms with van der Waals surface area (Å²) < 4.78 is 117. The molecule has 13 heteroatoms. The second kappa shape index (κ2) is 46.7. The van der Waals surface area contributed by atoms with Crippen molar-refractivity contribution in [2.75, 3.05) is 0 Å². The summed E-state index contributed by atoms with van der Waals surface area (Å²) in [6, 6.07) is 37.7. The molecule has 99 heavy (non-hydrogen) atoms. The molecule has 0 N–H and O–H groups in total. The molecule has 0 aliphatic heterocycles. The fourth-order valence-corrected chi connectivity index (χ4v) is 11.4. The van der Waals surface area contributed by atoms with Crippen molar-refractivity contribution in [3.8, 4) is 0 Å². The summed E-state index contributed by atoms with van der Waals surface area (Å²) in [6.45, 7) is 44.5. The third kappa shape index (κ3) is 38.8. The summed E-state index contributed by atoms with van der Waals surface area (Å²) in [6.07, 6.45) is 6.99. The van der Waals surface area contributed by atoms with E-state index in [0.29, 0.717) is 58.1 Å². The molecule has 8 aromatic carbocycles. The first-order chi connectivity index (χ1) is 46.0. The Hall–Kier alpha value is -5.71. The first-order valence-electron chi connectivity index (χ1n) is 34.4. The quantitative estimate of drug-likeness (QED) is 0.0514. The molecular weight excluding hydrogens is 1350 g/mol. The van der Waals surface area contributed by atoms with Gasteiger partial charge in [-0.05, 0) is 280 Å². The molecule has 0 bridgehead atoms. The molecule has 0 spiro atoms. The lowest BCUT2D eigenvalue weighted by Crippen LogP contribution is -2.08. The van der Waals surface area contributed by atoms with Crippen LogP contribution in [0, 0.1) is 141 Å². The van der Waals surface area contributed by atoms with Crippen LogP contribution in [0.1, 0.15) is 189 Å². The minimum Gasteiger partial charge on any atom is -0.207 e. The van der Waals surface area contributed by atoms with Gasteiger partial charge in [-0.2, -0.15) is 0 Å². The topological polar surface area (TPSA) is 0 Å². The van der Waals surface area contributed by atoms with E-state index < -0.39 is 40.5 Å². The first-order valence-corrected chi connectivity index (χ1v) is 36.0. The number of rotatable bonds is 16. The van der Waals surface area contributed by atoms with Crippen LogP contribution in [0.3, 0.4) is 0 Å². The van der Waals surface area contributed by atoms with E-state index in [0.717, 1.165) is 94.8 Å². The maximum absolute atomic E-state index is 13.4. The van der Waals surface area contributed by atoms with Gasteiger partial charge in [0.05, 0.1) is 0 Å². The number of halogens is 13. The highest BCUT2D eigenvalue weighted by Gasteiger charge is 2.23. The predicted molar refractivity (Wildman–Crippen MR) is 408 cm³/mol. The molecule has 0 heterocycles. The molecule has 0 atom stereocenters. The molecule has 8 aromatic rings. The molecule has 8 rings (SSSR count). The van der Waals surface area contributed by atoms with Gasteiger partial charge in [-0.25, -0.2) is 39.5 Å². The third-order valence-electron chi connectivity index (χ3n) is 14.6. The van der Waals surface area contributed by atoms with Crippen molar-refractivity contribution in [2.45, 2.75) is 204 Å². The molecule has 0 unspecified atom stereocenters. The Bertz CT molecular complexity index is 3360. The average Bonchev–Trinajstić information content (AvgIpc) is 0.800. The standard InChI is InChI=1S/C11H14ClF.2C11H15Cl.C11H12F4.C11H14F2.C11H15F.C10H13Cl.C10H13F/c1-7(2)4-10-8(3)5-9(13)6-11(10)12;1-8(2)4-10-5-9(3)6-11(12)7-10;1-8(2)6-10-4-5-11(12)9(3)7-10;1-5(2)4-7-8(12)6(3)9(13)11(15)10(7)14;1-7(2)4-10-8(3)5-9(12)6-11(10)13;1-8(2)4-10-5-9(3)6-11(12)7-10;2*1-8(2)7-9-3-5-10(11)6-4-9/h5-7H,4H2,1-3H3;5-8H,4H2,1-3H3;4-5,7-8H,6H2,1-3H3;5H,4H2,1-3H3;5-7H,4H2,1-3H3;5-8H,4H2,1-3H3;2*3-6,8H,7H2,1-2H3. The monoisotopic (exact) mass is 1450 g/mol. The highest BCUT2D eigenvalue weighted by Crippen LogP contribution is 2.28. The lowest BCUT2D eigenvalue weighted by atomic mass is 9.98. The van der Waals surface area contributed by atoms with Crippen LogP contribution in [0.5, 0.6) is 0 Å². The SMILES string of the molecule is CC(C)Cc1ccc(Cl)cc1.CC(C)Cc1ccc(F)cc1.Cc1c(F)c(F)c(F)c(CC(C)C)c1F.Cc1cc(CC(C)C)ccc1Cl.Cc1cc(Cl)cc(CC(C)C)c1.Cc1cc(F)cc(CC(C)C)c1.Cc1cc(F)cc(Cl)c1CC(C)C.Cc1cc(F)cc(F)c1CC(C)C. The van der Waals surface area contributed by atoms with Crippen LogP contribution >= 0.6 is 46.4 Å². The summed E-state index contributed by atoms with van der Waals surface area (Å²) in [4.78, 5) is 0. The zero-order chi connectivity index (χ0) is 75.7. The van der Waals surface area contributed by atoms with Gasteiger partial charge in [0, 0.05) is 37.3 Å². The zero-order valence-corrected chi connectivity index (χ0v) is 65.8. The molecule has 0 fully saturated rings. The molecule has 0 saturated heterocycles. The number of hydrogen-bond acceptors (Lipinski definition) is 0. The van der Waals surface area contributed by atoms with E-state index in [2.05, 4.69) is 126 Å². The molecule has 0 aliphatic rings. The van der Waals surface area contributed by atoms with E-state index >= 15 is 0 Å². The molecule has 0 aromatic heterocycles. The average molecular weight is 1460 g/mol. The summed E-state index contributed by atoms with van der Waals surface area (Å²) in [5.41, 5.74) is 12.3. The third-order valence-corrected chi connectivity index (χ3v) is 15.9. The van der Waals surface area contributed by atoms with Gasteiger partial charge in [0.25, 0.3) is 0 Å². The van der Waals surface area contributed by atoms with Gasteiger partial charge >= 0.3 is 0 Å². The van der Waals surface area contributed by atoms with Gasteiger partial charge in [0.1, 0.15) is 34.9 Å². The van der Waals surface area contributed by atoms with Crippen LogP contribution < -0.4 is 0 Å². The predicted octanol–water partition coefficient (Wildman–Crippen LogP) is 28.8. The van der Waals surface area contributed by atoms with Crippen molar-refractivity contribution in [2.24, 2.45) is 47.3 Å². The Labute approximate surface area is 610 Å². The van der Waals surface area contributed by atoms with Gasteiger partial charge in [0.2, 0.25) is 0 Å². The van der Waals surface area contributed by atoms with Crippen molar-refractivity contribution in [3.05, 3.63) is 278 Å². The number of benzene rings is 8. The van der Waals surface area contributed by atoms with Crippen LogP contribution in [0.25, 0.3) is 0 Å². The number of hydrogen-bond donors (Lipinski definition) is 0. The summed E-state index contributed by atoms with van der Waals surface area (Å²) in [5.74, 6) is -2.63. The largest absolute Gasteiger partial charge is 0.207 e. The Morgan fingerprint density at radius 3 is 1.05 bits per heavy atom. The molecular formula is C86H111Cl4F9. The fourth-order valence-electron chi connectivity index (χ4n) is 10.5. The number of aryl methyl sites for hydroxylation is 5. The van der Waals surface area contributed by atoms with E-state index in [4.69, 9.17) is 46.4 Å². The van der Waals surface area contributed by atoms with Crippen LogP contribution in [0.4, 0.5) is 39.5 Å². The Kier molecular flexibility index (Phi) is 43.1. The molecule has 0 saturated carbocycles. The maximum atomic E-state index is 13.4. The highest BCUT2D eigenvalue weighted by atomic mass is 35.5. The van der Waals surface area contributed by atoms with Gasteiger partial charge in [-0.1, -0.05) is 206 Å². The van der Waals surface area contributed by atoms with Crippen LogP contribution in [-0.4, -0.2) is 0 Å². The van der Waals surface area contributed by atoms with E-state index in [1.165, 1.54) is 63.7 Å². The minimum atomic E-state index is -1.59. The summed E-state index contributed by atoms with van der Waals surface area (Å²) >= 11 is 23.5. The van der Waals surface area contributed by atoms with Crippen molar-refractivity contribution >= 4 is 46.4 Å². The Morgan fingerprint density at radius 1 is 0.253 bits per heavy atom. The van der Waals surface area contributed by atoms with E-state index in [-0.39, 0.29) is 35.4 Å². The first kappa shape index (κ1) is 91.3. The summed E-state index contributed by atoms with van der Waals surface area (Å²) in [7, 11) is 0. The van der Waals surface area contributed by atoms with Crippen LogP contribution in [0.2, 0.25) is 20.1 Å². The Balaban J connectivity index is 0.000000567. The van der Waals surface area contributed by atoms with Gasteiger partial charge in [-0.3, -0.25) is 0 Å². The van der Waals surface area contributed by atoms with Gasteiger partial charge in [-0.15, -0.1) is 0 Å². The van der Waals surface area contributed by atoms with E-state index in [1.54, 1.807) is 32.9 Å². The second-order valence-electron chi connectivity index (χ2n) is 29.1. The van der Waals surface area contributed by atoms with Crippen molar-refractivity contribution < 1.29 is 39.5 Å². The highest BCUT2D eigenvalue weighted by molar-refractivity contribution is 6.32. The molecule has 0 radical (unpaired) electrons. The van der Waals surface area contributed by atoms with Gasteiger partial charge < -0.3 is 0 Å². The van der Waals surface area contributed by atoms with Crippen molar-refractivity contribution in [1.29, 1.82) is 0 Å². The Morgan fingerprint density at radius 2 is 0.626 bits per heavy atom. The minimum absolute atomic E-state index is 0.0294. The smallest absolute Gasteiger partial charge is 0.195 e. The van der Waals surface area contributed by atoms with Gasteiger partial charge in [0.15, 0.2) is 17.5 Å². The normalized spacial score (nSPS) is 10.8. The molecule has 546 valence electrons. The second-order valence-corrected chi connectivity index (χ2v) is 30.8. The maximum Gasteiger partial charge on any atom is 0.195 e. The fraction of sp³-hybridized carbons (Fsp3) is 0.442. The van der Waals surface area contributed by atoms with Crippen LogP contribution in [0.15, 0.2) is 127 Å². The summed E-state index contributed by atoms with van der Waals surface area (Å²) in [5, 5.41) is 3.08. The van der Waals surface area contributed by atoms with Crippen LogP contribution in [-0.2, 0) is 51.4 Å². The van der Waals surface area contributed by atoms with Crippen molar-refractivity contribution in [1.82, 2.24) is 0 Å². The lowest BCUT2D eigenvalue weighted by molar-refractivity contribution is 0.413. The van der Waals surface area contributed by atoms with E-state index in [1.807, 2.05) is 77.1 Å². The lowest BCUT2D eigenvalue weighted by Gasteiger charge is -2.11. The zero-order valence-electron chi connectivity index (χ0n) is 62.8. The molecule has 0 nitrogen and oxygen atoms in total. The molecule has 0 amide bonds. The molecule has 0 aliphatic carbocycles. The van der Waals surface area contributed by atoms with Crippen molar-refractivity contribution in [3.63, 3.8) is 0 Å².